The van der Waals surface area contributed by atoms with Crippen LogP contribution in [0.2, 0.25) is 0 Å². The Morgan fingerprint density at radius 1 is 1.43 bits per heavy atom. The van der Waals surface area contributed by atoms with Gasteiger partial charge in [0.15, 0.2) is 5.82 Å². The number of rotatable bonds is 5. The lowest BCUT2D eigenvalue weighted by Gasteiger charge is -2.23. The fraction of sp³-hybridized carbons (Fsp3) is 0.467. The van der Waals surface area contributed by atoms with Crippen LogP contribution in [0.4, 0.5) is 0 Å². The first-order valence-electron chi connectivity index (χ1n) is 7.09. The summed E-state index contributed by atoms with van der Waals surface area (Å²) < 4.78 is 11.0. The Labute approximate surface area is 128 Å². The smallest absolute Gasteiger partial charge is 0.243 e. The highest BCUT2D eigenvalue weighted by Crippen LogP contribution is 2.36. The van der Waals surface area contributed by atoms with Gasteiger partial charge in [0.25, 0.3) is 0 Å². The van der Waals surface area contributed by atoms with E-state index in [4.69, 9.17) is 15.0 Å². The van der Waals surface area contributed by atoms with Gasteiger partial charge < -0.3 is 15.0 Å². The largest absolute Gasteiger partial charge is 0.493 e. The van der Waals surface area contributed by atoms with E-state index in [-0.39, 0.29) is 12.0 Å². The molecule has 1 aliphatic rings. The van der Waals surface area contributed by atoms with Gasteiger partial charge in [-0.05, 0) is 30.9 Å². The highest BCUT2D eigenvalue weighted by atomic mass is 32.2. The summed E-state index contributed by atoms with van der Waals surface area (Å²) in [4.78, 5) is 4.52. The van der Waals surface area contributed by atoms with Crippen LogP contribution in [0.25, 0.3) is 0 Å². The summed E-state index contributed by atoms with van der Waals surface area (Å²) in [5.74, 6) is 3.26. The molecular formula is C15H19N3O2S. The number of aromatic nitrogens is 2. The molecule has 1 aromatic carbocycles. The maximum Gasteiger partial charge on any atom is 0.243 e. The van der Waals surface area contributed by atoms with Crippen molar-refractivity contribution in [3.05, 3.63) is 41.5 Å². The molecule has 0 aliphatic carbocycles. The Morgan fingerprint density at radius 3 is 3.14 bits per heavy atom. The van der Waals surface area contributed by atoms with Gasteiger partial charge in [0.05, 0.1) is 18.6 Å². The fourth-order valence-corrected chi connectivity index (χ4v) is 3.01. The van der Waals surface area contributed by atoms with E-state index in [1.165, 1.54) is 0 Å². The van der Waals surface area contributed by atoms with Gasteiger partial charge in [-0.1, -0.05) is 23.4 Å². The molecule has 0 saturated carbocycles. The molecule has 6 heteroatoms. The van der Waals surface area contributed by atoms with Crippen LogP contribution in [-0.4, -0.2) is 28.8 Å². The minimum absolute atomic E-state index is 0.125. The Bertz CT molecular complexity index is 602. The van der Waals surface area contributed by atoms with Crippen LogP contribution in [0.15, 0.2) is 28.8 Å². The monoisotopic (exact) mass is 305 g/mol. The number of ether oxygens (including phenoxy) is 1. The normalized spacial score (nSPS) is 18.9. The van der Waals surface area contributed by atoms with Crippen molar-refractivity contribution < 1.29 is 9.26 Å². The van der Waals surface area contributed by atoms with Gasteiger partial charge in [-0.25, -0.2) is 0 Å². The predicted molar refractivity (Wildman–Crippen MR) is 82.6 cm³/mol. The lowest BCUT2D eigenvalue weighted by Crippen LogP contribution is -2.16. The summed E-state index contributed by atoms with van der Waals surface area (Å²) in [6.45, 7) is 0.671. The number of para-hydroxylation sites is 1. The van der Waals surface area contributed by atoms with Crippen LogP contribution in [-0.2, 0) is 0 Å². The van der Waals surface area contributed by atoms with E-state index in [0.717, 1.165) is 29.9 Å². The number of hydrogen-bond donors (Lipinski definition) is 1. The summed E-state index contributed by atoms with van der Waals surface area (Å²) in [6, 6.07) is 7.83. The third-order valence-electron chi connectivity index (χ3n) is 3.68. The van der Waals surface area contributed by atoms with Crippen LogP contribution in [0, 0.1) is 0 Å². The number of benzene rings is 1. The zero-order chi connectivity index (χ0) is 14.7. The number of nitrogens with two attached hydrogens (primary N) is 1. The third kappa shape index (κ3) is 3.06. The molecule has 1 unspecified atom stereocenters. The van der Waals surface area contributed by atoms with Gasteiger partial charge in [-0.15, -0.1) is 0 Å². The number of fused-ring (bicyclic) bond motifs is 1. The Balaban J connectivity index is 1.81. The average molecular weight is 305 g/mol. The Morgan fingerprint density at radius 2 is 2.29 bits per heavy atom. The second-order valence-electron chi connectivity index (χ2n) is 5.11. The second-order valence-corrected chi connectivity index (χ2v) is 6.09. The topological polar surface area (TPSA) is 74.2 Å². The number of hydrogen-bond acceptors (Lipinski definition) is 6. The first-order valence-corrected chi connectivity index (χ1v) is 8.48. The molecule has 0 radical (unpaired) electrons. The minimum atomic E-state index is -0.186. The highest BCUT2D eigenvalue weighted by Gasteiger charge is 2.27. The summed E-state index contributed by atoms with van der Waals surface area (Å²) in [5, 5.41) is 4.14. The summed E-state index contributed by atoms with van der Waals surface area (Å²) in [5.41, 5.74) is 7.20. The van der Waals surface area contributed by atoms with E-state index in [2.05, 4.69) is 22.5 Å². The lowest BCUT2D eigenvalue weighted by atomic mass is 9.92. The van der Waals surface area contributed by atoms with Crippen LogP contribution >= 0.6 is 11.8 Å². The van der Waals surface area contributed by atoms with Gasteiger partial charge in [-0.3, -0.25) is 0 Å². The summed E-state index contributed by atoms with van der Waals surface area (Å²) in [6.07, 6.45) is 3.76. The highest BCUT2D eigenvalue weighted by molar-refractivity contribution is 7.98. The molecular weight excluding hydrogens is 286 g/mol. The molecule has 2 N–H and O–H groups in total. The van der Waals surface area contributed by atoms with E-state index in [1.807, 2.05) is 18.2 Å². The second kappa shape index (κ2) is 6.49. The standard InChI is InChI=1S/C15H19N3O2S/c1-21-9-7-12(16)15-17-14(18-20-15)11-6-8-19-13-5-3-2-4-10(11)13/h2-5,11-12H,6-9,16H2,1H3/t11?,12-/m1/s1. The zero-order valence-corrected chi connectivity index (χ0v) is 12.8. The van der Waals surface area contributed by atoms with Crippen molar-refractivity contribution >= 4 is 11.8 Å². The van der Waals surface area contributed by atoms with Crippen molar-refractivity contribution in [1.29, 1.82) is 0 Å². The van der Waals surface area contributed by atoms with Crippen molar-refractivity contribution in [2.75, 3.05) is 18.6 Å². The number of thioether (sulfide) groups is 1. The molecule has 5 nitrogen and oxygen atoms in total. The average Bonchev–Trinajstić information content (AvgIpc) is 3.02. The van der Waals surface area contributed by atoms with Crippen molar-refractivity contribution in [1.82, 2.24) is 10.1 Å². The summed E-state index contributed by atoms with van der Waals surface area (Å²) in [7, 11) is 0. The van der Waals surface area contributed by atoms with Crippen molar-refractivity contribution in [2.45, 2.75) is 24.8 Å². The maximum atomic E-state index is 6.08. The number of nitrogens with zero attached hydrogens (tertiary/aromatic N) is 2. The predicted octanol–water partition coefficient (Wildman–Crippen LogP) is 2.74. The van der Waals surface area contributed by atoms with Gasteiger partial charge in [-0.2, -0.15) is 16.7 Å². The maximum absolute atomic E-state index is 6.08. The van der Waals surface area contributed by atoms with Crippen LogP contribution < -0.4 is 10.5 Å². The first kappa shape index (κ1) is 14.4. The van der Waals surface area contributed by atoms with E-state index in [0.29, 0.717) is 18.3 Å². The van der Waals surface area contributed by atoms with E-state index < -0.39 is 0 Å². The molecule has 0 spiro atoms. The quantitative estimate of drug-likeness (QED) is 0.915. The Hall–Kier alpha value is -1.53. The van der Waals surface area contributed by atoms with Crippen molar-refractivity contribution in [2.24, 2.45) is 5.73 Å². The lowest BCUT2D eigenvalue weighted by molar-refractivity contribution is 0.271. The zero-order valence-electron chi connectivity index (χ0n) is 12.0. The van der Waals surface area contributed by atoms with Gasteiger partial charge in [0, 0.05) is 5.56 Å². The van der Waals surface area contributed by atoms with Crippen molar-refractivity contribution in [3.8, 4) is 5.75 Å². The molecule has 112 valence electrons. The van der Waals surface area contributed by atoms with Crippen molar-refractivity contribution in [3.63, 3.8) is 0 Å². The van der Waals surface area contributed by atoms with E-state index >= 15 is 0 Å². The first-order chi connectivity index (χ1) is 10.3. The molecule has 21 heavy (non-hydrogen) atoms. The van der Waals surface area contributed by atoms with Crippen LogP contribution in [0.5, 0.6) is 5.75 Å². The molecule has 2 heterocycles. The molecule has 0 saturated heterocycles. The third-order valence-corrected chi connectivity index (χ3v) is 4.32. The van der Waals surface area contributed by atoms with E-state index in [9.17, 15) is 0 Å². The minimum Gasteiger partial charge on any atom is -0.493 e. The summed E-state index contributed by atoms with van der Waals surface area (Å²) >= 11 is 1.76. The molecule has 2 aromatic rings. The molecule has 0 fully saturated rings. The molecule has 0 bridgehead atoms. The Kier molecular flexibility index (Phi) is 4.45. The van der Waals surface area contributed by atoms with Crippen LogP contribution in [0.1, 0.15) is 42.1 Å². The molecule has 1 aromatic heterocycles. The molecule has 3 rings (SSSR count). The molecule has 0 amide bonds. The SMILES string of the molecule is CSCC[C@@H](N)c1nc(C2CCOc3ccccc32)no1. The molecule has 1 aliphatic heterocycles. The fourth-order valence-electron chi connectivity index (χ4n) is 2.52. The van der Waals surface area contributed by atoms with Crippen LogP contribution in [0.3, 0.4) is 0 Å². The van der Waals surface area contributed by atoms with Gasteiger partial charge in [0.2, 0.25) is 5.89 Å². The van der Waals surface area contributed by atoms with Gasteiger partial charge in [0.1, 0.15) is 5.75 Å². The van der Waals surface area contributed by atoms with Gasteiger partial charge >= 0.3 is 0 Å². The molecule has 2 atom stereocenters. The van der Waals surface area contributed by atoms with E-state index in [1.54, 1.807) is 11.8 Å².